The quantitative estimate of drug-likeness (QED) is 0.908. The summed E-state index contributed by atoms with van der Waals surface area (Å²) in [6, 6.07) is 4.32. The summed E-state index contributed by atoms with van der Waals surface area (Å²) in [5, 5.41) is 3.61. The molecule has 0 atom stereocenters. The van der Waals surface area contributed by atoms with Crippen molar-refractivity contribution in [3.8, 4) is 0 Å². The molecule has 0 unspecified atom stereocenters. The third-order valence-electron chi connectivity index (χ3n) is 4.04. The fourth-order valence-electron chi connectivity index (χ4n) is 2.86. The van der Waals surface area contributed by atoms with Gasteiger partial charge >= 0.3 is 0 Å². The molecule has 0 bridgehead atoms. The predicted octanol–water partition coefficient (Wildman–Crippen LogP) is 4.44. The molecule has 112 valence electrons. The van der Waals surface area contributed by atoms with Crippen LogP contribution in [0.15, 0.2) is 24.5 Å². The molecule has 0 radical (unpaired) electrons. The van der Waals surface area contributed by atoms with Crippen molar-refractivity contribution in [1.82, 2.24) is 9.55 Å². The number of carbonyl (C=O) groups excluding carboxylic acids is 1. The predicted molar refractivity (Wildman–Crippen MR) is 86.1 cm³/mol. The van der Waals surface area contributed by atoms with Crippen LogP contribution >= 0.6 is 11.3 Å². The molecule has 21 heavy (non-hydrogen) atoms. The van der Waals surface area contributed by atoms with Gasteiger partial charge in [0.05, 0.1) is 0 Å². The number of nitrogens with zero attached hydrogens (tertiary/aromatic N) is 2. The van der Waals surface area contributed by atoms with Crippen molar-refractivity contribution in [1.29, 1.82) is 0 Å². The minimum absolute atomic E-state index is 0.0587. The summed E-state index contributed by atoms with van der Waals surface area (Å²) >= 11 is 1.55. The monoisotopic (exact) mass is 303 g/mol. The maximum atomic E-state index is 12.5. The molecule has 1 N–H and O–H groups in total. The SMILES string of the molecule is CC(C)c1cnc(NC(=O)c2cccn2C2CCCC2)s1. The Kier molecular flexibility index (Phi) is 4.10. The summed E-state index contributed by atoms with van der Waals surface area (Å²) in [6.07, 6.45) is 8.73. The number of anilines is 1. The molecule has 0 spiro atoms. The Morgan fingerprint density at radius 3 is 2.86 bits per heavy atom. The maximum Gasteiger partial charge on any atom is 0.274 e. The zero-order valence-electron chi connectivity index (χ0n) is 12.5. The van der Waals surface area contributed by atoms with E-state index in [-0.39, 0.29) is 5.91 Å². The first kappa shape index (κ1) is 14.3. The molecule has 0 aromatic carbocycles. The van der Waals surface area contributed by atoms with E-state index in [1.807, 2.05) is 24.5 Å². The van der Waals surface area contributed by atoms with Crippen molar-refractivity contribution in [3.63, 3.8) is 0 Å². The minimum atomic E-state index is -0.0587. The van der Waals surface area contributed by atoms with Crippen LogP contribution in [-0.4, -0.2) is 15.5 Å². The number of thiazole rings is 1. The Hall–Kier alpha value is -1.62. The number of hydrogen-bond donors (Lipinski definition) is 1. The van der Waals surface area contributed by atoms with Crippen LogP contribution in [-0.2, 0) is 0 Å². The van der Waals surface area contributed by atoms with Gasteiger partial charge in [0.1, 0.15) is 5.69 Å². The van der Waals surface area contributed by atoms with E-state index in [1.54, 1.807) is 11.3 Å². The van der Waals surface area contributed by atoms with Gasteiger partial charge in [-0.1, -0.05) is 26.7 Å². The fraction of sp³-hybridized carbons (Fsp3) is 0.500. The highest BCUT2D eigenvalue weighted by atomic mass is 32.1. The molecule has 3 rings (SSSR count). The largest absolute Gasteiger partial charge is 0.340 e. The molecule has 1 saturated carbocycles. The van der Waals surface area contributed by atoms with Crippen molar-refractivity contribution in [3.05, 3.63) is 35.1 Å². The smallest absolute Gasteiger partial charge is 0.274 e. The van der Waals surface area contributed by atoms with Gasteiger partial charge in [-0.15, -0.1) is 11.3 Å². The molecule has 2 heterocycles. The lowest BCUT2D eigenvalue weighted by molar-refractivity contribution is 0.101. The van der Waals surface area contributed by atoms with Crippen LogP contribution in [0.1, 0.15) is 66.9 Å². The van der Waals surface area contributed by atoms with Gasteiger partial charge in [0.15, 0.2) is 5.13 Å². The van der Waals surface area contributed by atoms with Crippen molar-refractivity contribution >= 4 is 22.4 Å². The van der Waals surface area contributed by atoms with Crippen molar-refractivity contribution in [2.24, 2.45) is 0 Å². The van der Waals surface area contributed by atoms with E-state index in [4.69, 9.17) is 0 Å². The average molecular weight is 303 g/mol. The maximum absolute atomic E-state index is 12.5. The molecule has 5 heteroatoms. The Balaban J connectivity index is 1.74. The molecule has 1 fully saturated rings. The molecule has 4 nitrogen and oxygen atoms in total. The number of hydrogen-bond acceptors (Lipinski definition) is 3. The molecule has 1 amide bonds. The molecule has 0 aliphatic heterocycles. The number of aromatic nitrogens is 2. The van der Waals surface area contributed by atoms with Crippen molar-refractivity contribution < 1.29 is 4.79 Å². The van der Waals surface area contributed by atoms with Gasteiger partial charge in [0, 0.05) is 23.3 Å². The van der Waals surface area contributed by atoms with E-state index >= 15 is 0 Å². The Morgan fingerprint density at radius 1 is 1.43 bits per heavy atom. The first-order valence-corrected chi connectivity index (χ1v) is 8.40. The summed E-state index contributed by atoms with van der Waals surface area (Å²) in [5.74, 6) is 0.382. The Bertz CT molecular complexity index is 623. The lowest BCUT2D eigenvalue weighted by Gasteiger charge is -2.15. The van der Waals surface area contributed by atoms with Gasteiger partial charge in [-0.05, 0) is 30.9 Å². The van der Waals surface area contributed by atoms with Gasteiger partial charge in [-0.3, -0.25) is 10.1 Å². The van der Waals surface area contributed by atoms with Crippen molar-refractivity contribution in [2.45, 2.75) is 51.5 Å². The second-order valence-electron chi connectivity index (χ2n) is 5.92. The summed E-state index contributed by atoms with van der Waals surface area (Å²) in [7, 11) is 0. The molecular weight excluding hydrogens is 282 g/mol. The van der Waals surface area contributed by atoms with E-state index in [1.165, 1.54) is 30.6 Å². The molecular formula is C16H21N3OS. The average Bonchev–Trinajstić information content (AvgIpc) is 3.19. The van der Waals surface area contributed by atoms with Crippen LogP contribution in [0.25, 0.3) is 0 Å². The molecule has 2 aromatic rings. The van der Waals surface area contributed by atoms with E-state index in [0.29, 0.717) is 17.1 Å². The number of rotatable bonds is 4. The van der Waals surface area contributed by atoms with Crippen LogP contribution in [0.5, 0.6) is 0 Å². The summed E-state index contributed by atoms with van der Waals surface area (Å²) in [4.78, 5) is 17.9. The van der Waals surface area contributed by atoms with E-state index < -0.39 is 0 Å². The van der Waals surface area contributed by atoms with Gasteiger partial charge in [-0.2, -0.15) is 0 Å². The molecule has 0 saturated heterocycles. The summed E-state index contributed by atoms with van der Waals surface area (Å²) in [5.41, 5.74) is 0.739. The number of amides is 1. The third kappa shape index (κ3) is 3.02. The van der Waals surface area contributed by atoms with Crippen LogP contribution < -0.4 is 5.32 Å². The van der Waals surface area contributed by atoms with Gasteiger partial charge in [0.25, 0.3) is 5.91 Å². The van der Waals surface area contributed by atoms with Crippen molar-refractivity contribution in [2.75, 3.05) is 5.32 Å². The van der Waals surface area contributed by atoms with Crippen LogP contribution in [0, 0.1) is 0 Å². The highest BCUT2D eigenvalue weighted by molar-refractivity contribution is 7.15. The molecule has 2 aromatic heterocycles. The minimum Gasteiger partial charge on any atom is -0.340 e. The Morgan fingerprint density at radius 2 is 2.19 bits per heavy atom. The number of carbonyl (C=O) groups is 1. The summed E-state index contributed by atoms with van der Waals surface area (Å²) < 4.78 is 2.12. The zero-order chi connectivity index (χ0) is 14.8. The first-order chi connectivity index (χ1) is 10.1. The lowest BCUT2D eigenvalue weighted by Crippen LogP contribution is -2.18. The summed E-state index contributed by atoms with van der Waals surface area (Å²) in [6.45, 7) is 4.26. The Labute approximate surface area is 129 Å². The second kappa shape index (κ2) is 6.02. The molecule has 1 aliphatic carbocycles. The number of nitrogens with one attached hydrogen (secondary N) is 1. The third-order valence-corrected chi connectivity index (χ3v) is 5.26. The standard InChI is InChI=1S/C16H21N3OS/c1-11(2)14-10-17-16(21-14)18-15(20)13-8-5-9-19(13)12-6-3-4-7-12/h5,8-12H,3-4,6-7H2,1-2H3,(H,17,18,20). The van der Waals surface area contributed by atoms with Crippen LogP contribution in [0.3, 0.4) is 0 Å². The van der Waals surface area contributed by atoms with Gasteiger partial charge in [-0.25, -0.2) is 4.98 Å². The highest BCUT2D eigenvalue weighted by Crippen LogP contribution is 2.31. The van der Waals surface area contributed by atoms with E-state index in [9.17, 15) is 4.79 Å². The lowest BCUT2D eigenvalue weighted by atomic mass is 10.2. The van der Waals surface area contributed by atoms with Gasteiger partial charge in [0.2, 0.25) is 0 Å². The zero-order valence-corrected chi connectivity index (χ0v) is 13.3. The molecule has 1 aliphatic rings. The second-order valence-corrected chi connectivity index (χ2v) is 6.98. The van der Waals surface area contributed by atoms with E-state index in [0.717, 1.165) is 5.69 Å². The van der Waals surface area contributed by atoms with Crippen LogP contribution in [0.2, 0.25) is 0 Å². The first-order valence-electron chi connectivity index (χ1n) is 7.59. The van der Waals surface area contributed by atoms with Gasteiger partial charge < -0.3 is 4.57 Å². The normalized spacial score (nSPS) is 15.8. The van der Waals surface area contributed by atoms with Crippen LogP contribution in [0.4, 0.5) is 5.13 Å². The highest BCUT2D eigenvalue weighted by Gasteiger charge is 2.21. The topological polar surface area (TPSA) is 46.9 Å². The fourth-order valence-corrected chi connectivity index (χ4v) is 3.67. The van der Waals surface area contributed by atoms with E-state index in [2.05, 4.69) is 28.7 Å².